The molecule has 0 saturated carbocycles. The molecule has 0 aliphatic heterocycles. The third-order valence-electron chi connectivity index (χ3n) is 4.57. The van der Waals surface area contributed by atoms with Crippen molar-refractivity contribution in [2.24, 2.45) is 0 Å². The number of hydrogen-bond donors (Lipinski definition) is 0. The third-order valence-corrected chi connectivity index (χ3v) is 4.57. The number of aromatic nitrogens is 1. The predicted molar refractivity (Wildman–Crippen MR) is 108 cm³/mol. The van der Waals surface area contributed by atoms with E-state index in [9.17, 15) is 4.79 Å². The average molecular weight is 368 g/mol. The van der Waals surface area contributed by atoms with Gasteiger partial charge < -0.3 is 9.42 Å². The maximum atomic E-state index is 13.4. The van der Waals surface area contributed by atoms with Gasteiger partial charge in [0.15, 0.2) is 0 Å². The fraction of sp³-hybridized carbons (Fsp3) is 0.0833. The highest BCUT2D eigenvalue weighted by Gasteiger charge is 2.23. The number of carbonyl (C=O) groups excluding carboxylic acids is 1. The molecule has 4 heteroatoms. The Morgan fingerprint density at radius 1 is 0.750 bits per heavy atom. The van der Waals surface area contributed by atoms with Crippen LogP contribution in [-0.4, -0.2) is 16.0 Å². The monoisotopic (exact) mass is 368 g/mol. The van der Waals surface area contributed by atoms with Gasteiger partial charge in [0.25, 0.3) is 5.91 Å². The van der Waals surface area contributed by atoms with Crippen molar-refractivity contribution < 1.29 is 9.32 Å². The van der Waals surface area contributed by atoms with E-state index in [0.29, 0.717) is 24.3 Å². The third kappa shape index (κ3) is 4.01. The van der Waals surface area contributed by atoms with Crippen molar-refractivity contribution in [2.75, 3.05) is 0 Å². The summed E-state index contributed by atoms with van der Waals surface area (Å²) in [5.74, 6) is -0.104. The van der Waals surface area contributed by atoms with Crippen LogP contribution in [0.1, 0.15) is 21.5 Å². The molecule has 0 saturated heterocycles. The molecule has 1 heterocycles. The lowest BCUT2D eigenvalue weighted by molar-refractivity contribution is 0.0730. The van der Waals surface area contributed by atoms with E-state index in [-0.39, 0.29) is 5.91 Å². The van der Waals surface area contributed by atoms with E-state index < -0.39 is 0 Å². The molecule has 0 N–H and O–H groups in total. The SMILES string of the molecule is O=C(c1conc1-c1ccccc1)N(Cc1ccccc1)Cc1ccccc1. The smallest absolute Gasteiger partial charge is 0.260 e. The predicted octanol–water partition coefficient (Wildman–Crippen LogP) is 5.18. The summed E-state index contributed by atoms with van der Waals surface area (Å²) in [5.41, 5.74) is 4.04. The van der Waals surface area contributed by atoms with E-state index in [1.807, 2.05) is 95.9 Å². The van der Waals surface area contributed by atoms with Gasteiger partial charge in [-0.2, -0.15) is 0 Å². The molecule has 0 radical (unpaired) electrons. The molecule has 4 rings (SSSR count). The summed E-state index contributed by atoms with van der Waals surface area (Å²) < 4.78 is 5.17. The lowest BCUT2D eigenvalue weighted by Crippen LogP contribution is -2.30. The van der Waals surface area contributed by atoms with Crippen molar-refractivity contribution in [3.8, 4) is 11.3 Å². The number of amides is 1. The molecule has 1 amide bonds. The van der Waals surface area contributed by atoms with Crippen molar-refractivity contribution in [1.29, 1.82) is 0 Å². The molecule has 0 atom stereocenters. The van der Waals surface area contributed by atoms with Crippen LogP contribution in [0, 0.1) is 0 Å². The zero-order valence-corrected chi connectivity index (χ0v) is 15.4. The van der Waals surface area contributed by atoms with Gasteiger partial charge in [-0.05, 0) is 11.1 Å². The van der Waals surface area contributed by atoms with Crippen LogP contribution < -0.4 is 0 Å². The second kappa shape index (κ2) is 8.35. The Morgan fingerprint density at radius 3 is 1.79 bits per heavy atom. The molecule has 3 aromatic carbocycles. The summed E-state index contributed by atoms with van der Waals surface area (Å²) in [7, 11) is 0. The lowest BCUT2D eigenvalue weighted by Gasteiger charge is -2.23. The summed E-state index contributed by atoms with van der Waals surface area (Å²) in [5, 5.41) is 4.08. The molecule has 0 aliphatic rings. The fourth-order valence-electron chi connectivity index (χ4n) is 3.17. The number of hydrogen-bond acceptors (Lipinski definition) is 3. The van der Waals surface area contributed by atoms with E-state index in [1.54, 1.807) is 0 Å². The van der Waals surface area contributed by atoms with Crippen LogP contribution in [0.5, 0.6) is 0 Å². The average Bonchev–Trinajstić information content (AvgIpc) is 3.25. The molecule has 0 unspecified atom stereocenters. The van der Waals surface area contributed by atoms with Crippen molar-refractivity contribution in [3.63, 3.8) is 0 Å². The van der Waals surface area contributed by atoms with E-state index in [1.165, 1.54) is 6.26 Å². The fourth-order valence-corrected chi connectivity index (χ4v) is 3.17. The van der Waals surface area contributed by atoms with Crippen LogP contribution in [0.15, 0.2) is 102 Å². The van der Waals surface area contributed by atoms with Crippen LogP contribution in [-0.2, 0) is 13.1 Å². The molecule has 0 spiro atoms. The van der Waals surface area contributed by atoms with Gasteiger partial charge in [0.2, 0.25) is 0 Å². The van der Waals surface area contributed by atoms with Gasteiger partial charge in [0.05, 0.1) is 0 Å². The molecule has 138 valence electrons. The highest BCUT2D eigenvalue weighted by atomic mass is 16.5. The number of rotatable bonds is 6. The molecule has 28 heavy (non-hydrogen) atoms. The highest BCUT2D eigenvalue weighted by molar-refractivity contribution is 5.99. The molecule has 4 aromatic rings. The van der Waals surface area contributed by atoms with Gasteiger partial charge in [-0.15, -0.1) is 0 Å². The maximum Gasteiger partial charge on any atom is 0.260 e. The Morgan fingerprint density at radius 2 is 1.25 bits per heavy atom. The number of benzene rings is 3. The first-order valence-corrected chi connectivity index (χ1v) is 9.18. The normalized spacial score (nSPS) is 10.6. The maximum absolute atomic E-state index is 13.4. The number of carbonyl (C=O) groups is 1. The molecular weight excluding hydrogens is 348 g/mol. The minimum Gasteiger partial charge on any atom is -0.363 e. The molecule has 1 aromatic heterocycles. The van der Waals surface area contributed by atoms with Crippen molar-refractivity contribution in [3.05, 3.63) is 114 Å². The van der Waals surface area contributed by atoms with Crippen molar-refractivity contribution >= 4 is 5.91 Å². The van der Waals surface area contributed by atoms with E-state index in [4.69, 9.17) is 4.52 Å². The lowest BCUT2D eigenvalue weighted by atomic mass is 10.1. The van der Waals surface area contributed by atoms with E-state index >= 15 is 0 Å². The van der Waals surface area contributed by atoms with Gasteiger partial charge in [-0.1, -0.05) is 96.2 Å². The first-order valence-electron chi connectivity index (χ1n) is 9.18. The minimum atomic E-state index is -0.104. The Labute approximate surface area is 164 Å². The summed E-state index contributed by atoms with van der Waals surface area (Å²) in [6.07, 6.45) is 1.44. The second-order valence-corrected chi connectivity index (χ2v) is 6.58. The quantitative estimate of drug-likeness (QED) is 0.471. The topological polar surface area (TPSA) is 46.3 Å². The van der Waals surface area contributed by atoms with Gasteiger partial charge in [-0.3, -0.25) is 4.79 Å². The first-order chi connectivity index (χ1) is 13.8. The van der Waals surface area contributed by atoms with Crippen molar-refractivity contribution in [1.82, 2.24) is 10.1 Å². The standard InChI is InChI=1S/C24H20N2O2/c27-24(22-18-28-25-23(22)21-14-8-3-9-15-21)26(16-19-10-4-1-5-11-19)17-20-12-6-2-7-13-20/h1-15,18H,16-17H2. The molecular formula is C24H20N2O2. The van der Waals surface area contributed by atoms with Crippen LogP contribution in [0.25, 0.3) is 11.3 Å². The summed E-state index contributed by atoms with van der Waals surface area (Å²) in [6.45, 7) is 1.02. The Kier molecular flexibility index (Phi) is 5.29. The van der Waals surface area contributed by atoms with Gasteiger partial charge in [-0.25, -0.2) is 0 Å². The molecule has 0 aliphatic carbocycles. The van der Waals surface area contributed by atoms with Crippen LogP contribution in [0.4, 0.5) is 0 Å². The highest BCUT2D eigenvalue weighted by Crippen LogP contribution is 2.24. The zero-order valence-electron chi connectivity index (χ0n) is 15.4. The Hall–Kier alpha value is -3.66. The summed E-state index contributed by atoms with van der Waals surface area (Å²) >= 11 is 0. The van der Waals surface area contributed by atoms with Gasteiger partial charge in [0.1, 0.15) is 17.5 Å². The van der Waals surface area contributed by atoms with Gasteiger partial charge in [0, 0.05) is 18.7 Å². The summed E-state index contributed by atoms with van der Waals surface area (Å²) in [4.78, 5) is 15.3. The van der Waals surface area contributed by atoms with E-state index in [0.717, 1.165) is 16.7 Å². The first kappa shape index (κ1) is 17.7. The Balaban J connectivity index is 1.66. The van der Waals surface area contributed by atoms with Crippen molar-refractivity contribution in [2.45, 2.75) is 13.1 Å². The Bertz CT molecular complexity index is 986. The van der Waals surface area contributed by atoms with Crippen LogP contribution in [0.3, 0.4) is 0 Å². The molecule has 0 bridgehead atoms. The summed E-state index contributed by atoms with van der Waals surface area (Å²) in [6, 6.07) is 29.6. The second-order valence-electron chi connectivity index (χ2n) is 6.58. The zero-order chi connectivity index (χ0) is 19.2. The van der Waals surface area contributed by atoms with Gasteiger partial charge >= 0.3 is 0 Å². The van der Waals surface area contributed by atoms with E-state index in [2.05, 4.69) is 5.16 Å². The van der Waals surface area contributed by atoms with Crippen LogP contribution in [0.2, 0.25) is 0 Å². The largest absolute Gasteiger partial charge is 0.363 e. The molecule has 4 nitrogen and oxygen atoms in total. The number of nitrogens with zero attached hydrogens (tertiary/aromatic N) is 2. The minimum absolute atomic E-state index is 0.104. The molecule has 0 fully saturated rings. The van der Waals surface area contributed by atoms with Crippen LogP contribution >= 0.6 is 0 Å².